The Balaban J connectivity index is 2.28. The monoisotopic (exact) mass is 255 g/mol. The van der Waals surface area contributed by atoms with Crippen molar-refractivity contribution in [3.8, 4) is 11.1 Å². The number of aryl methyl sites for hydroxylation is 1. The van der Waals surface area contributed by atoms with Gasteiger partial charge in [0.05, 0.1) is 11.1 Å². The second kappa shape index (κ2) is 4.02. The van der Waals surface area contributed by atoms with E-state index in [1.807, 2.05) is 0 Å². The van der Waals surface area contributed by atoms with E-state index in [0.717, 1.165) is 5.56 Å². The molecule has 2 aromatic rings. The minimum atomic E-state index is -0.476. The first-order valence-corrected chi connectivity index (χ1v) is 5.83. The molecule has 0 aliphatic carbocycles. The van der Waals surface area contributed by atoms with Crippen LogP contribution in [0.15, 0.2) is 36.4 Å². The molecular formula is C15H10FNO2. The number of halogens is 1. The first kappa shape index (κ1) is 11.6. The smallest absolute Gasteiger partial charge is 0.259 e. The molecule has 1 N–H and O–H groups in total. The third-order valence-corrected chi connectivity index (χ3v) is 3.18. The second-order valence-electron chi connectivity index (χ2n) is 4.49. The molecule has 0 unspecified atom stereocenters. The maximum atomic E-state index is 14.0. The molecule has 0 radical (unpaired) electrons. The van der Waals surface area contributed by atoms with E-state index in [-0.39, 0.29) is 5.56 Å². The number of amides is 2. The van der Waals surface area contributed by atoms with Gasteiger partial charge < -0.3 is 0 Å². The molecule has 0 saturated carbocycles. The van der Waals surface area contributed by atoms with Crippen LogP contribution in [0, 0.1) is 12.7 Å². The van der Waals surface area contributed by atoms with Crippen molar-refractivity contribution >= 4 is 11.8 Å². The van der Waals surface area contributed by atoms with Crippen LogP contribution in [0.3, 0.4) is 0 Å². The molecule has 0 atom stereocenters. The van der Waals surface area contributed by atoms with Gasteiger partial charge in [-0.25, -0.2) is 4.39 Å². The fourth-order valence-corrected chi connectivity index (χ4v) is 2.28. The molecule has 1 aliphatic rings. The number of carbonyl (C=O) groups excluding carboxylic acids is 2. The summed E-state index contributed by atoms with van der Waals surface area (Å²) < 4.78 is 14.0. The Kier molecular flexibility index (Phi) is 2.45. The Hall–Kier alpha value is -2.49. The lowest BCUT2D eigenvalue weighted by Gasteiger charge is -2.08. The first-order chi connectivity index (χ1) is 9.08. The van der Waals surface area contributed by atoms with Gasteiger partial charge in [0, 0.05) is 5.56 Å². The van der Waals surface area contributed by atoms with Gasteiger partial charge >= 0.3 is 0 Å². The molecule has 94 valence electrons. The maximum absolute atomic E-state index is 14.0. The Labute approximate surface area is 109 Å². The van der Waals surface area contributed by atoms with Crippen molar-refractivity contribution in [2.45, 2.75) is 6.92 Å². The number of fused-ring (bicyclic) bond motifs is 1. The molecule has 0 aromatic heterocycles. The molecule has 1 aliphatic heterocycles. The molecule has 3 nitrogen and oxygen atoms in total. The number of hydrogen-bond acceptors (Lipinski definition) is 2. The lowest BCUT2D eigenvalue weighted by atomic mass is 9.95. The van der Waals surface area contributed by atoms with E-state index in [2.05, 4.69) is 5.32 Å². The zero-order valence-corrected chi connectivity index (χ0v) is 10.2. The summed E-state index contributed by atoms with van der Waals surface area (Å²) in [5.41, 5.74) is 2.11. The predicted molar refractivity (Wildman–Crippen MR) is 68.4 cm³/mol. The molecule has 4 heteroatoms. The van der Waals surface area contributed by atoms with Crippen molar-refractivity contribution in [2.24, 2.45) is 0 Å². The minimum absolute atomic E-state index is 0.246. The fourth-order valence-electron chi connectivity index (χ4n) is 2.28. The lowest BCUT2D eigenvalue weighted by Crippen LogP contribution is -2.20. The number of carbonyl (C=O) groups is 2. The molecule has 0 bridgehead atoms. The van der Waals surface area contributed by atoms with Gasteiger partial charge in [0.1, 0.15) is 5.82 Å². The summed E-state index contributed by atoms with van der Waals surface area (Å²) >= 11 is 0. The third-order valence-electron chi connectivity index (χ3n) is 3.18. The normalized spacial score (nSPS) is 13.4. The standard InChI is InChI=1S/C15H10FNO2/c1-8-5-6-9(12(16)7-8)10-3-2-4-11-13(10)15(19)17-14(11)18/h2-7H,1H3,(H,17,18,19). The molecule has 1 heterocycles. The van der Waals surface area contributed by atoms with Gasteiger partial charge in [-0.3, -0.25) is 14.9 Å². The molecule has 19 heavy (non-hydrogen) atoms. The van der Waals surface area contributed by atoms with Crippen molar-refractivity contribution in [1.82, 2.24) is 5.32 Å². The van der Waals surface area contributed by atoms with E-state index in [9.17, 15) is 14.0 Å². The summed E-state index contributed by atoms with van der Waals surface area (Å²) in [4.78, 5) is 23.4. The highest BCUT2D eigenvalue weighted by Crippen LogP contribution is 2.31. The van der Waals surface area contributed by atoms with Crippen LogP contribution >= 0.6 is 0 Å². The number of rotatable bonds is 1. The average molecular weight is 255 g/mol. The Morgan fingerprint density at radius 3 is 2.42 bits per heavy atom. The van der Waals surface area contributed by atoms with Gasteiger partial charge in [0.15, 0.2) is 0 Å². The molecule has 0 saturated heterocycles. The molecule has 2 amide bonds. The van der Waals surface area contributed by atoms with Crippen LogP contribution in [-0.4, -0.2) is 11.8 Å². The van der Waals surface area contributed by atoms with Crippen molar-refractivity contribution in [3.05, 3.63) is 58.9 Å². The van der Waals surface area contributed by atoms with Crippen LogP contribution in [0.25, 0.3) is 11.1 Å². The van der Waals surface area contributed by atoms with Crippen molar-refractivity contribution < 1.29 is 14.0 Å². The number of hydrogen-bond donors (Lipinski definition) is 1. The number of benzene rings is 2. The SMILES string of the molecule is Cc1ccc(-c2cccc3c2C(=O)NC3=O)c(F)c1. The minimum Gasteiger partial charge on any atom is -0.288 e. The summed E-state index contributed by atoms with van der Waals surface area (Å²) in [5.74, 6) is -1.31. The maximum Gasteiger partial charge on any atom is 0.259 e. The second-order valence-corrected chi connectivity index (χ2v) is 4.49. The highest BCUT2D eigenvalue weighted by atomic mass is 19.1. The Morgan fingerprint density at radius 1 is 0.947 bits per heavy atom. The predicted octanol–water partition coefficient (Wildman–Crippen LogP) is 2.68. The highest BCUT2D eigenvalue weighted by molar-refractivity contribution is 6.24. The van der Waals surface area contributed by atoms with Crippen LogP contribution in [0.2, 0.25) is 0 Å². The largest absolute Gasteiger partial charge is 0.288 e. The Morgan fingerprint density at radius 2 is 1.68 bits per heavy atom. The van der Waals surface area contributed by atoms with Gasteiger partial charge in [-0.05, 0) is 30.2 Å². The van der Waals surface area contributed by atoms with Crippen LogP contribution in [-0.2, 0) is 0 Å². The Bertz CT molecular complexity index is 722. The quantitative estimate of drug-likeness (QED) is 0.796. The van der Waals surface area contributed by atoms with E-state index >= 15 is 0 Å². The summed E-state index contributed by atoms with van der Waals surface area (Å²) in [6.07, 6.45) is 0. The molecule has 0 fully saturated rings. The van der Waals surface area contributed by atoms with Crippen molar-refractivity contribution in [3.63, 3.8) is 0 Å². The van der Waals surface area contributed by atoms with E-state index in [0.29, 0.717) is 16.7 Å². The summed E-state index contributed by atoms with van der Waals surface area (Å²) in [6, 6.07) is 9.65. The molecule has 2 aromatic carbocycles. The topological polar surface area (TPSA) is 46.2 Å². The van der Waals surface area contributed by atoms with Crippen LogP contribution in [0.5, 0.6) is 0 Å². The van der Waals surface area contributed by atoms with E-state index < -0.39 is 17.6 Å². The van der Waals surface area contributed by atoms with Gasteiger partial charge in [0.2, 0.25) is 0 Å². The molecule has 0 spiro atoms. The van der Waals surface area contributed by atoms with E-state index in [1.54, 1.807) is 37.3 Å². The average Bonchev–Trinajstić information content (AvgIpc) is 2.65. The molecular weight excluding hydrogens is 245 g/mol. The van der Waals surface area contributed by atoms with E-state index in [4.69, 9.17) is 0 Å². The lowest BCUT2D eigenvalue weighted by molar-refractivity contribution is 0.0880. The van der Waals surface area contributed by atoms with Crippen LogP contribution in [0.4, 0.5) is 4.39 Å². The first-order valence-electron chi connectivity index (χ1n) is 5.83. The fraction of sp³-hybridized carbons (Fsp3) is 0.0667. The van der Waals surface area contributed by atoms with Gasteiger partial charge in [0.25, 0.3) is 11.8 Å². The van der Waals surface area contributed by atoms with Crippen molar-refractivity contribution in [1.29, 1.82) is 0 Å². The summed E-state index contributed by atoms with van der Waals surface area (Å²) in [6.45, 7) is 1.79. The molecule has 3 rings (SSSR count). The van der Waals surface area contributed by atoms with E-state index in [1.165, 1.54) is 6.07 Å². The van der Waals surface area contributed by atoms with Crippen LogP contribution in [0.1, 0.15) is 26.3 Å². The van der Waals surface area contributed by atoms with Gasteiger partial charge in [-0.2, -0.15) is 0 Å². The van der Waals surface area contributed by atoms with Gasteiger partial charge in [-0.1, -0.05) is 24.3 Å². The third kappa shape index (κ3) is 1.73. The van der Waals surface area contributed by atoms with Crippen molar-refractivity contribution in [2.75, 3.05) is 0 Å². The number of nitrogens with one attached hydrogen (secondary N) is 1. The van der Waals surface area contributed by atoms with Gasteiger partial charge in [-0.15, -0.1) is 0 Å². The zero-order valence-electron chi connectivity index (χ0n) is 10.2. The summed E-state index contributed by atoms with van der Waals surface area (Å²) in [5, 5.41) is 2.22. The highest BCUT2D eigenvalue weighted by Gasteiger charge is 2.30. The summed E-state index contributed by atoms with van der Waals surface area (Å²) in [7, 11) is 0. The van der Waals surface area contributed by atoms with Crippen LogP contribution < -0.4 is 5.32 Å². The number of imide groups is 1. The zero-order chi connectivity index (χ0) is 13.6.